The number of aromatic hydroxyl groups is 2. The molecule has 2 aliphatic heterocycles. The summed E-state index contributed by atoms with van der Waals surface area (Å²) in [6.45, 7) is 4.73. The molecule has 2 aromatic heterocycles. The molecule has 0 bridgehead atoms. The zero-order chi connectivity index (χ0) is 49.2. The van der Waals surface area contributed by atoms with Gasteiger partial charge in [0.1, 0.15) is 29.5 Å². The summed E-state index contributed by atoms with van der Waals surface area (Å²) in [5, 5.41) is 27.3. The maximum Gasteiger partial charge on any atom is 0.328 e. The molecule has 4 aromatic carbocycles. The number of fused-ring (bicyclic) bond motifs is 2. The van der Waals surface area contributed by atoms with Gasteiger partial charge in [-0.25, -0.2) is 17.9 Å². The number of halogens is 3. The molecule has 0 radical (unpaired) electrons. The topological polar surface area (TPSA) is 198 Å². The molecule has 4 heterocycles. The Morgan fingerprint density at radius 3 is 1.74 bits per heavy atom. The molecule has 2 unspecified atom stereocenters. The molecule has 5 N–H and O–H groups in total. The number of rotatable bonds is 10. The van der Waals surface area contributed by atoms with Crippen LogP contribution in [0.5, 0.6) is 17.2 Å². The summed E-state index contributed by atoms with van der Waals surface area (Å²) < 4.78 is 43.7. The van der Waals surface area contributed by atoms with E-state index < -0.39 is 16.1 Å². The lowest BCUT2D eigenvalue weighted by Gasteiger charge is -2.22. The summed E-state index contributed by atoms with van der Waals surface area (Å²) in [4.78, 5) is 32.9. The molecule has 362 valence electrons. The zero-order valence-electron chi connectivity index (χ0n) is 38.1. The molecule has 69 heavy (non-hydrogen) atoms. The first-order valence-corrected chi connectivity index (χ1v) is 24.9. The highest BCUT2D eigenvalue weighted by atomic mass is 35.5. The highest BCUT2D eigenvalue weighted by Crippen LogP contribution is 2.41. The normalized spacial score (nSPS) is 16.1. The second-order valence-corrected chi connectivity index (χ2v) is 19.6. The van der Waals surface area contributed by atoms with Crippen LogP contribution in [-0.2, 0) is 39.1 Å². The molecule has 3 amide bonds. The van der Waals surface area contributed by atoms with Crippen LogP contribution in [-0.4, -0.2) is 60.2 Å². The average molecular weight is 1020 g/mol. The van der Waals surface area contributed by atoms with Crippen molar-refractivity contribution in [2.75, 3.05) is 13.7 Å². The fraction of sp³-hybridized carbons (Fsp3) is 0.294. The van der Waals surface area contributed by atoms with E-state index in [9.17, 15) is 28.2 Å². The summed E-state index contributed by atoms with van der Waals surface area (Å²) in [5.41, 5.74) is 8.00. The van der Waals surface area contributed by atoms with Crippen molar-refractivity contribution >= 4 is 56.8 Å². The van der Waals surface area contributed by atoms with Gasteiger partial charge in [0.2, 0.25) is 0 Å². The molecule has 9 rings (SSSR count). The number of benzene rings is 4. The summed E-state index contributed by atoms with van der Waals surface area (Å²) in [5.74, 6) is 0.584. The number of pyridine rings is 2. The predicted molar refractivity (Wildman–Crippen MR) is 264 cm³/mol. The second kappa shape index (κ2) is 23.1. The minimum absolute atomic E-state index is 0.00209. The molecule has 3 aliphatic rings. The highest BCUT2D eigenvalue weighted by molar-refractivity contribution is 7.90. The predicted octanol–water partition coefficient (Wildman–Crippen LogP) is 10.4. The number of aromatic nitrogens is 2. The van der Waals surface area contributed by atoms with Crippen LogP contribution in [0.25, 0.3) is 0 Å². The van der Waals surface area contributed by atoms with Crippen LogP contribution in [0.3, 0.4) is 0 Å². The number of nitrogens with zero attached hydrogens (tertiary/aromatic N) is 2. The summed E-state index contributed by atoms with van der Waals surface area (Å²) >= 11 is 17.7. The SMILES string of the molecule is COc1ccc(Cl)cc1C(=O)NCCc1ccc(S(=O)(=O)NC(=O)NC2CCCCC2)cc1.Cc1ncc2c(c1O)COC2c1ccc(Cl)cc1.Cc1ncc2c(c1O)COC2c1ccc(Cl)cc1. The fourth-order valence-corrected chi connectivity index (χ4v) is 9.51. The second-order valence-electron chi connectivity index (χ2n) is 16.6. The number of sulfonamides is 1. The van der Waals surface area contributed by atoms with Gasteiger partial charge in [-0.2, -0.15) is 0 Å². The van der Waals surface area contributed by atoms with Crippen LogP contribution in [0.4, 0.5) is 4.79 Å². The molecule has 18 heteroatoms. The maximum atomic E-state index is 12.5. The first kappa shape index (κ1) is 50.9. The van der Waals surface area contributed by atoms with E-state index in [1.807, 2.05) is 48.5 Å². The van der Waals surface area contributed by atoms with Crippen molar-refractivity contribution in [2.45, 2.75) is 88.7 Å². The van der Waals surface area contributed by atoms with E-state index in [4.69, 9.17) is 49.0 Å². The van der Waals surface area contributed by atoms with Gasteiger partial charge in [-0.05, 0) is 104 Å². The lowest BCUT2D eigenvalue weighted by molar-refractivity contribution is 0.0931. The summed E-state index contributed by atoms with van der Waals surface area (Å²) in [7, 11) is -2.49. The first-order chi connectivity index (χ1) is 33.1. The van der Waals surface area contributed by atoms with Gasteiger partial charge in [0.15, 0.2) is 0 Å². The Hall–Kier alpha value is -5.94. The summed E-state index contributed by atoms with van der Waals surface area (Å²) in [6, 6.07) is 25.3. The Bertz CT molecular complexity index is 2780. The van der Waals surface area contributed by atoms with E-state index >= 15 is 0 Å². The van der Waals surface area contributed by atoms with E-state index in [2.05, 4.69) is 25.3 Å². The Morgan fingerprint density at radius 2 is 1.23 bits per heavy atom. The number of amides is 3. The quantitative estimate of drug-likeness (QED) is 0.0875. The van der Waals surface area contributed by atoms with Crippen LogP contribution >= 0.6 is 34.8 Å². The number of aryl methyl sites for hydroxylation is 2. The van der Waals surface area contributed by atoms with Crippen LogP contribution < -0.4 is 20.1 Å². The Kier molecular flexibility index (Phi) is 17.1. The largest absolute Gasteiger partial charge is 0.506 e. The third-order valence-electron chi connectivity index (χ3n) is 12.0. The molecular weight excluding hydrogens is 965 g/mol. The third-order valence-corrected chi connectivity index (χ3v) is 14.0. The summed E-state index contributed by atoms with van der Waals surface area (Å²) in [6.07, 6.45) is 8.64. The number of carbonyl (C=O) groups excluding carboxylic acids is 2. The smallest absolute Gasteiger partial charge is 0.328 e. The number of ether oxygens (including phenoxy) is 3. The van der Waals surface area contributed by atoms with Gasteiger partial charge in [0.25, 0.3) is 15.9 Å². The van der Waals surface area contributed by atoms with E-state index in [0.29, 0.717) is 63.9 Å². The molecule has 1 aliphatic carbocycles. The first-order valence-electron chi connectivity index (χ1n) is 22.2. The van der Waals surface area contributed by atoms with Crippen molar-refractivity contribution in [3.63, 3.8) is 0 Å². The number of hydrogen-bond donors (Lipinski definition) is 5. The van der Waals surface area contributed by atoms with Crippen molar-refractivity contribution in [1.29, 1.82) is 0 Å². The van der Waals surface area contributed by atoms with Gasteiger partial charge < -0.3 is 35.1 Å². The maximum absolute atomic E-state index is 12.5. The van der Waals surface area contributed by atoms with Gasteiger partial charge in [-0.1, -0.05) is 90.5 Å². The van der Waals surface area contributed by atoms with Gasteiger partial charge >= 0.3 is 6.03 Å². The number of methoxy groups -OCH3 is 1. The van der Waals surface area contributed by atoms with Crippen LogP contribution in [0.2, 0.25) is 15.1 Å². The molecule has 6 aromatic rings. The minimum Gasteiger partial charge on any atom is -0.506 e. The molecule has 0 saturated heterocycles. The van der Waals surface area contributed by atoms with Crippen LogP contribution in [0.15, 0.2) is 108 Å². The average Bonchev–Trinajstić information content (AvgIpc) is 3.98. The zero-order valence-corrected chi connectivity index (χ0v) is 41.2. The highest BCUT2D eigenvalue weighted by Gasteiger charge is 2.30. The van der Waals surface area contributed by atoms with Crippen LogP contribution in [0, 0.1) is 13.8 Å². The van der Waals surface area contributed by atoms with E-state index in [1.165, 1.54) is 25.3 Å². The number of nitrogens with one attached hydrogen (secondary N) is 3. The Balaban J connectivity index is 0.000000165. The van der Waals surface area contributed by atoms with Crippen molar-refractivity contribution in [3.05, 3.63) is 174 Å². The van der Waals surface area contributed by atoms with Crippen molar-refractivity contribution in [3.8, 4) is 17.2 Å². The minimum atomic E-state index is -3.97. The lowest BCUT2D eigenvalue weighted by Crippen LogP contribution is -2.45. The van der Waals surface area contributed by atoms with Crippen molar-refractivity contribution in [1.82, 2.24) is 25.3 Å². The van der Waals surface area contributed by atoms with E-state index in [0.717, 1.165) is 71.0 Å². The molecule has 1 fully saturated rings. The molecular formula is C51H52Cl3N5O9S. The van der Waals surface area contributed by atoms with Crippen molar-refractivity contribution < 1.29 is 42.4 Å². The Morgan fingerprint density at radius 1 is 0.725 bits per heavy atom. The fourth-order valence-electron chi connectivity index (χ4n) is 8.17. The lowest BCUT2D eigenvalue weighted by atomic mass is 9.96. The Labute approximate surface area is 416 Å². The molecule has 0 spiro atoms. The molecule has 2 atom stereocenters. The van der Waals surface area contributed by atoms with Gasteiger partial charge in [-0.15, -0.1) is 0 Å². The standard InChI is InChI=1S/C23H28ClN3O5S.2C14H12ClNO2/c1-32-21-12-9-17(24)15-20(21)22(28)25-14-13-16-7-10-19(11-8-16)33(30,31)27-23(29)26-18-5-3-2-4-6-18;2*1-8-13(17)12-7-18-14(11(12)6-16-8)9-2-4-10(15)5-3-9/h7-12,15,18H,2-6,13-14H2,1H3,(H,25,28)(H2,26,27,29);2*2-6,14,17H,7H2,1H3. The van der Waals surface area contributed by atoms with Crippen LogP contribution in [0.1, 0.15) is 105 Å². The molecule has 1 saturated carbocycles. The van der Waals surface area contributed by atoms with E-state index in [1.54, 1.807) is 50.5 Å². The number of urea groups is 1. The monoisotopic (exact) mass is 1020 g/mol. The van der Waals surface area contributed by atoms with Gasteiger partial charge in [-0.3, -0.25) is 14.8 Å². The number of hydrogen-bond acceptors (Lipinski definition) is 11. The number of carbonyl (C=O) groups is 2. The van der Waals surface area contributed by atoms with E-state index in [-0.39, 0.29) is 40.6 Å². The third kappa shape index (κ3) is 12.8. The van der Waals surface area contributed by atoms with Gasteiger partial charge in [0, 0.05) is 62.3 Å². The molecule has 14 nitrogen and oxygen atoms in total. The van der Waals surface area contributed by atoms with Crippen molar-refractivity contribution in [2.24, 2.45) is 0 Å². The van der Waals surface area contributed by atoms with Gasteiger partial charge in [0.05, 0.1) is 42.2 Å².